The molecular weight excluding hydrogens is 370 g/mol. The molecule has 2 aromatic carbocycles. The molecule has 0 aliphatic carbocycles. The van der Waals surface area contributed by atoms with E-state index in [-0.39, 0.29) is 30.4 Å². The number of carbonyl (C=O) groups is 1. The molecular formula is C19H21NO8. The minimum absolute atomic E-state index is 0.0477. The smallest absolute Gasteiger partial charge is 0.344 e. The van der Waals surface area contributed by atoms with Crippen LogP contribution in [-0.2, 0) is 9.53 Å². The number of carbonyl (C=O) groups excluding carboxylic acids is 1. The van der Waals surface area contributed by atoms with Crippen LogP contribution in [0.2, 0.25) is 0 Å². The summed E-state index contributed by atoms with van der Waals surface area (Å²) in [5, 5.41) is 10.8. The Bertz CT molecular complexity index is 791. The van der Waals surface area contributed by atoms with Crippen molar-refractivity contribution >= 4 is 11.7 Å². The molecule has 0 unspecified atom stereocenters. The summed E-state index contributed by atoms with van der Waals surface area (Å²) < 4.78 is 25.8. The van der Waals surface area contributed by atoms with Gasteiger partial charge in [0, 0.05) is 18.6 Å². The Morgan fingerprint density at radius 1 is 0.929 bits per heavy atom. The first-order valence-corrected chi connectivity index (χ1v) is 8.41. The highest BCUT2D eigenvalue weighted by atomic mass is 16.6. The van der Waals surface area contributed by atoms with Crippen molar-refractivity contribution in [3.63, 3.8) is 0 Å². The van der Waals surface area contributed by atoms with Gasteiger partial charge in [-0.1, -0.05) is 0 Å². The van der Waals surface area contributed by atoms with E-state index in [0.717, 1.165) is 5.75 Å². The van der Waals surface area contributed by atoms with Crippen molar-refractivity contribution in [3.8, 4) is 23.0 Å². The van der Waals surface area contributed by atoms with Gasteiger partial charge in [-0.3, -0.25) is 10.1 Å². The molecule has 9 heteroatoms. The minimum atomic E-state index is -0.565. The molecule has 0 spiro atoms. The largest absolute Gasteiger partial charge is 0.497 e. The molecule has 2 aromatic rings. The molecule has 0 heterocycles. The number of methoxy groups -OCH3 is 2. The van der Waals surface area contributed by atoms with Gasteiger partial charge in [0.2, 0.25) is 5.75 Å². The third kappa shape index (κ3) is 6.35. The molecule has 0 amide bonds. The van der Waals surface area contributed by atoms with Gasteiger partial charge in [-0.15, -0.1) is 0 Å². The normalized spacial score (nSPS) is 10.1. The lowest BCUT2D eigenvalue weighted by Gasteiger charge is -2.09. The summed E-state index contributed by atoms with van der Waals surface area (Å²) in [6.45, 7) is 0.252. The first-order chi connectivity index (χ1) is 13.5. The molecule has 150 valence electrons. The molecule has 0 radical (unpaired) electrons. The van der Waals surface area contributed by atoms with Crippen molar-refractivity contribution in [2.75, 3.05) is 34.0 Å². The van der Waals surface area contributed by atoms with Crippen molar-refractivity contribution in [3.05, 3.63) is 52.6 Å². The number of hydrogen-bond donors (Lipinski definition) is 0. The number of nitrogens with zero attached hydrogens (tertiary/aromatic N) is 1. The van der Waals surface area contributed by atoms with Crippen LogP contribution in [0, 0.1) is 10.1 Å². The monoisotopic (exact) mass is 391 g/mol. The van der Waals surface area contributed by atoms with Crippen molar-refractivity contribution in [1.29, 1.82) is 0 Å². The highest BCUT2D eigenvalue weighted by Crippen LogP contribution is 2.30. The van der Waals surface area contributed by atoms with Gasteiger partial charge < -0.3 is 23.7 Å². The van der Waals surface area contributed by atoms with E-state index in [1.807, 2.05) is 0 Å². The maximum absolute atomic E-state index is 11.7. The number of esters is 1. The van der Waals surface area contributed by atoms with Gasteiger partial charge in [0.15, 0.2) is 6.61 Å². The van der Waals surface area contributed by atoms with Crippen molar-refractivity contribution in [2.24, 2.45) is 0 Å². The van der Waals surface area contributed by atoms with Crippen LogP contribution < -0.4 is 18.9 Å². The second-order valence-electron chi connectivity index (χ2n) is 5.48. The Hall–Kier alpha value is -3.49. The molecule has 0 aromatic heterocycles. The van der Waals surface area contributed by atoms with E-state index in [0.29, 0.717) is 18.8 Å². The number of nitro groups is 1. The molecule has 0 saturated heterocycles. The van der Waals surface area contributed by atoms with E-state index >= 15 is 0 Å². The lowest BCUT2D eigenvalue weighted by molar-refractivity contribution is -0.385. The third-order valence-electron chi connectivity index (χ3n) is 3.58. The molecule has 0 aliphatic rings. The van der Waals surface area contributed by atoms with Gasteiger partial charge in [0.05, 0.1) is 32.4 Å². The standard InChI is InChI=1S/C19H21NO8/c1-24-14-4-6-15(7-5-14)26-10-3-11-27-19(21)13-28-16-8-9-17(20(22)23)18(12-16)25-2/h4-9,12H,3,10-11,13H2,1-2H3. The predicted octanol–water partition coefficient (Wildman–Crippen LogP) is 3.00. The number of hydrogen-bond acceptors (Lipinski definition) is 8. The zero-order chi connectivity index (χ0) is 20.4. The highest BCUT2D eigenvalue weighted by molar-refractivity contribution is 5.71. The summed E-state index contributed by atoms with van der Waals surface area (Å²) in [5.74, 6) is 1.20. The van der Waals surface area contributed by atoms with Crippen molar-refractivity contribution in [2.45, 2.75) is 6.42 Å². The molecule has 28 heavy (non-hydrogen) atoms. The van der Waals surface area contributed by atoms with E-state index < -0.39 is 10.9 Å². The highest BCUT2D eigenvalue weighted by Gasteiger charge is 2.15. The number of rotatable bonds is 11. The van der Waals surface area contributed by atoms with E-state index in [1.165, 1.54) is 25.3 Å². The van der Waals surface area contributed by atoms with Crippen LogP contribution in [0.15, 0.2) is 42.5 Å². The fourth-order valence-corrected chi connectivity index (χ4v) is 2.19. The van der Waals surface area contributed by atoms with Crippen molar-refractivity contribution < 1.29 is 33.4 Å². The number of ether oxygens (including phenoxy) is 5. The molecule has 0 bridgehead atoms. The van der Waals surface area contributed by atoms with Crippen LogP contribution in [0.4, 0.5) is 5.69 Å². The number of nitro benzene ring substituents is 1. The lowest BCUT2D eigenvalue weighted by Crippen LogP contribution is -2.16. The SMILES string of the molecule is COc1ccc(OCCCOC(=O)COc2ccc([N+](=O)[O-])c(OC)c2)cc1. The van der Waals surface area contributed by atoms with Gasteiger partial charge in [0.1, 0.15) is 17.2 Å². The first-order valence-electron chi connectivity index (χ1n) is 8.41. The molecule has 0 N–H and O–H groups in total. The maximum atomic E-state index is 11.7. The van der Waals surface area contributed by atoms with Crippen LogP contribution in [0.1, 0.15) is 6.42 Å². The quantitative estimate of drug-likeness (QED) is 0.249. The average molecular weight is 391 g/mol. The van der Waals surface area contributed by atoms with Crippen LogP contribution in [0.25, 0.3) is 0 Å². The van der Waals surface area contributed by atoms with Crippen LogP contribution in [0.3, 0.4) is 0 Å². The minimum Gasteiger partial charge on any atom is -0.497 e. The summed E-state index contributed by atoms with van der Waals surface area (Å²) in [6, 6.07) is 11.1. The maximum Gasteiger partial charge on any atom is 0.344 e. The molecule has 0 aliphatic heterocycles. The second kappa shape index (κ2) is 10.6. The molecule has 2 rings (SSSR count). The van der Waals surface area contributed by atoms with Gasteiger partial charge in [-0.05, 0) is 30.3 Å². The summed E-state index contributed by atoms with van der Waals surface area (Å²) in [6.07, 6.45) is 0.517. The molecule has 9 nitrogen and oxygen atoms in total. The Labute approximate surface area is 161 Å². The van der Waals surface area contributed by atoms with Crippen LogP contribution in [-0.4, -0.2) is 44.9 Å². The Morgan fingerprint density at radius 3 is 2.25 bits per heavy atom. The Morgan fingerprint density at radius 2 is 1.61 bits per heavy atom. The summed E-state index contributed by atoms with van der Waals surface area (Å²) in [7, 11) is 2.90. The van der Waals surface area contributed by atoms with Crippen LogP contribution in [0.5, 0.6) is 23.0 Å². The van der Waals surface area contributed by atoms with E-state index in [9.17, 15) is 14.9 Å². The average Bonchev–Trinajstić information content (AvgIpc) is 2.72. The topological polar surface area (TPSA) is 106 Å². The second-order valence-corrected chi connectivity index (χ2v) is 5.48. The van der Waals surface area contributed by atoms with Gasteiger partial charge >= 0.3 is 11.7 Å². The van der Waals surface area contributed by atoms with E-state index in [4.69, 9.17) is 23.7 Å². The van der Waals surface area contributed by atoms with Gasteiger partial charge in [0.25, 0.3) is 0 Å². The summed E-state index contributed by atoms with van der Waals surface area (Å²) in [4.78, 5) is 22.0. The third-order valence-corrected chi connectivity index (χ3v) is 3.58. The van der Waals surface area contributed by atoms with Gasteiger partial charge in [-0.2, -0.15) is 0 Å². The summed E-state index contributed by atoms with van der Waals surface area (Å²) in [5.41, 5.74) is -0.186. The predicted molar refractivity (Wildman–Crippen MR) is 99.2 cm³/mol. The summed E-state index contributed by atoms with van der Waals surface area (Å²) >= 11 is 0. The van der Waals surface area contributed by atoms with E-state index in [1.54, 1.807) is 31.4 Å². The Kier molecular flexibility index (Phi) is 7.89. The molecule has 0 atom stereocenters. The molecule has 0 saturated carbocycles. The van der Waals surface area contributed by atoms with Crippen molar-refractivity contribution in [1.82, 2.24) is 0 Å². The van der Waals surface area contributed by atoms with Gasteiger partial charge in [-0.25, -0.2) is 4.79 Å². The lowest BCUT2D eigenvalue weighted by atomic mass is 10.3. The van der Waals surface area contributed by atoms with Crippen LogP contribution >= 0.6 is 0 Å². The fraction of sp³-hybridized carbons (Fsp3) is 0.316. The first kappa shape index (κ1) is 20.8. The Balaban J connectivity index is 1.66. The zero-order valence-electron chi connectivity index (χ0n) is 15.6. The number of benzene rings is 2. The molecule has 0 fully saturated rings. The fourth-order valence-electron chi connectivity index (χ4n) is 2.19. The van der Waals surface area contributed by atoms with E-state index in [2.05, 4.69) is 0 Å². The zero-order valence-corrected chi connectivity index (χ0v) is 15.6.